The summed E-state index contributed by atoms with van der Waals surface area (Å²) >= 11 is 3.10. The highest BCUT2D eigenvalue weighted by molar-refractivity contribution is 9.08. The van der Waals surface area contributed by atoms with Crippen molar-refractivity contribution in [2.45, 2.75) is 5.33 Å². The van der Waals surface area contributed by atoms with E-state index in [0.717, 1.165) is 0 Å². The van der Waals surface area contributed by atoms with Crippen molar-refractivity contribution in [3.8, 4) is 0 Å². The SMILES string of the molecule is [C-]#[N+]c1nc([N+](=O)[O-])c(CBr)n1C. The van der Waals surface area contributed by atoms with Gasteiger partial charge in [-0.3, -0.25) is 4.57 Å². The molecule has 0 bridgehead atoms. The number of alkyl halides is 1. The van der Waals surface area contributed by atoms with Crippen molar-refractivity contribution in [3.63, 3.8) is 0 Å². The van der Waals surface area contributed by atoms with Crippen LogP contribution in [0.5, 0.6) is 0 Å². The van der Waals surface area contributed by atoms with Crippen LogP contribution in [0.1, 0.15) is 5.69 Å². The van der Waals surface area contributed by atoms with Crippen LogP contribution in [0.3, 0.4) is 0 Å². The van der Waals surface area contributed by atoms with E-state index in [4.69, 9.17) is 6.57 Å². The number of hydrogen-bond acceptors (Lipinski definition) is 3. The van der Waals surface area contributed by atoms with Gasteiger partial charge in [0.15, 0.2) is 5.69 Å². The van der Waals surface area contributed by atoms with E-state index in [1.807, 2.05) is 0 Å². The highest BCUT2D eigenvalue weighted by Gasteiger charge is 2.23. The average molecular weight is 245 g/mol. The number of imidazole rings is 1. The van der Waals surface area contributed by atoms with Gasteiger partial charge >= 0.3 is 11.8 Å². The molecule has 1 aromatic rings. The molecule has 13 heavy (non-hydrogen) atoms. The quantitative estimate of drug-likeness (QED) is 0.345. The first-order chi connectivity index (χ1) is 6.11. The van der Waals surface area contributed by atoms with Gasteiger partial charge in [0.05, 0.1) is 5.33 Å². The molecule has 0 N–H and O–H groups in total. The lowest BCUT2D eigenvalue weighted by atomic mass is 10.5. The first-order valence-electron chi connectivity index (χ1n) is 3.25. The minimum Gasteiger partial charge on any atom is -0.389 e. The van der Waals surface area contributed by atoms with E-state index in [0.29, 0.717) is 11.0 Å². The maximum absolute atomic E-state index is 10.5. The summed E-state index contributed by atoms with van der Waals surface area (Å²) in [6, 6.07) is 0. The topological polar surface area (TPSA) is 65.3 Å². The van der Waals surface area contributed by atoms with Crippen molar-refractivity contribution in [2.75, 3.05) is 0 Å². The molecule has 0 saturated carbocycles. The highest BCUT2D eigenvalue weighted by Crippen LogP contribution is 2.24. The molecule has 6 nitrogen and oxygen atoms in total. The zero-order chi connectivity index (χ0) is 10.0. The summed E-state index contributed by atoms with van der Waals surface area (Å²) in [4.78, 5) is 16.5. The molecule has 0 saturated heterocycles. The number of rotatable bonds is 2. The van der Waals surface area contributed by atoms with Crippen LogP contribution >= 0.6 is 15.9 Å². The van der Waals surface area contributed by atoms with Gasteiger partial charge < -0.3 is 15.0 Å². The van der Waals surface area contributed by atoms with E-state index in [-0.39, 0.29) is 11.8 Å². The summed E-state index contributed by atoms with van der Waals surface area (Å²) in [7, 11) is 1.57. The summed E-state index contributed by atoms with van der Waals surface area (Å²) in [5.74, 6) is -0.230. The monoisotopic (exact) mass is 244 g/mol. The van der Waals surface area contributed by atoms with Crippen LogP contribution < -0.4 is 0 Å². The van der Waals surface area contributed by atoms with E-state index in [1.165, 1.54) is 4.57 Å². The smallest absolute Gasteiger partial charge is 0.386 e. The molecule has 1 aromatic heterocycles. The zero-order valence-electron chi connectivity index (χ0n) is 6.69. The van der Waals surface area contributed by atoms with Gasteiger partial charge in [0.1, 0.15) is 0 Å². The van der Waals surface area contributed by atoms with Crippen molar-refractivity contribution in [2.24, 2.45) is 7.05 Å². The Morgan fingerprint density at radius 1 is 1.85 bits per heavy atom. The molecular formula is C6H5BrN4O2. The molecule has 0 aromatic carbocycles. The minimum absolute atomic E-state index is 0.0288. The Balaban J connectivity index is 3.38. The van der Waals surface area contributed by atoms with Crippen molar-refractivity contribution < 1.29 is 4.92 Å². The molecule has 0 aliphatic heterocycles. The summed E-state index contributed by atoms with van der Waals surface area (Å²) in [5, 5.41) is 10.8. The molecule has 0 radical (unpaired) electrons. The standard InChI is InChI=1S/C6H5BrN4O2/c1-8-6-9-5(11(12)13)4(3-7)10(6)2/h3H2,2H3. The summed E-state index contributed by atoms with van der Waals surface area (Å²) in [5.41, 5.74) is 0.399. The van der Waals surface area contributed by atoms with Crippen molar-refractivity contribution in [1.82, 2.24) is 9.55 Å². The van der Waals surface area contributed by atoms with Gasteiger partial charge in [0.2, 0.25) is 0 Å². The second-order valence-electron chi connectivity index (χ2n) is 2.24. The molecule has 1 rings (SSSR count). The lowest BCUT2D eigenvalue weighted by Gasteiger charge is -1.94. The average Bonchev–Trinajstić information content (AvgIpc) is 2.42. The largest absolute Gasteiger partial charge is 0.389 e. The third-order valence-electron chi connectivity index (χ3n) is 1.57. The van der Waals surface area contributed by atoms with Gasteiger partial charge in [-0.05, 0) is 9.91 Å². The van der Waals surface area contributed by atoms with Crippen LogP contribution in [0.2, 0.25) is 0 Å². The molecule has 1 heterocycles. The number of halogens is 1. The molecule has 0 unspecified atom stereocenters. The molecule has 68 valence electrons. The van der Waals surface area contributed by atoms with Crippen LogP contribution in [-0.4, -0.2) is 14.5 Å². The van der Waals surface area contributed by atoms with Crippen LogP contribution in [0.15, 0.2) is 0 Å². The van der Waals surface area contributed by atoms with E-state index >= 15 is 0 Å². The summed E-state index contributed by atoms with van der Waals surface area (Å²) < 4.78 is 1.40. The molecule has 7 heteroatoms. The van der Waals surface area contributed by atoms with Gasteiger partial charge in [-0.1, -0.05) is 15.9 Å². The Morgan fingerprint density at radius 2 is 2.46 bits per heavy atom. The minimum atomic E-state index is -0.592. The molecule has 0 atom stereocenters. The molecule has 0 fully saturated rings. The molecule has 0 spiro atoms. The number of hydrogen-bond donors (Lipinski definition) is 0. The lowest BCUT2D eigenvalue weighted by molar-refractivity contribution is -0.389. The number of nitrogens with zero attached hydrogens (tertiary/aromatic N) is 4. The molecule has 0 aliphatic carbocycles. The van der Waals surface area contributed by atoms with Crippen molar-refractivity contribution in [3.05, 3.63) is 27.2 Å². The Bertz CT molecular complexity index is 392. The Morgan fingerprint density at radius 3 is 2.77 bits per heavy atom. The number of aromatic nitrogens is 2. The van der Waals surface area contributed by atoms with Crippen LogP contribution in [0.25, 0.3) is 4.85 Å². The maximum Gasteiger partial charge on any atom is 0.386 e. The Hall–Kier alpha value is -1.42. The second-order valence-corrected chi connectivity index (χ2v) is 2.80. The predicted octanol–water partition coefficient (Wildman–Crippen LogP) is 1.77. The number of nitro groups is 1. The molecule has 0 amide bonds. The summed E-state index contributed by atoms with van der Waals surface area (Å²) in [6.07, 6.45) is 0. The third-order valence-corrected chi connectivity index (χ3v) is 2.10. The lowest BCUT2D eigenvalue weighted by Crippen LogP contribution is -1.96. The van der Waals surface area contributed by atoms with Crippen LogP contribution in [0.4, 0.5) is 11.8 Å². The normalized spacial score (nSPS) is 9.62. The van der Waals surface area contributed by atoms with Crippen LogP contribution in [0, 0.1) is 16.7 Å². The fraction of sp³-hybridized carbons (Fsp3) is 0.333. The van der Waals surface area contributed by atoms with E-state index < -0.39 is 4.92 Å². The molecule has 0 aliphatic rings. The fourth-order valence-electron chi connectivity index (χ4n) is 0.901. The van der Waals surface area contributed by atoms with Crippen molar-refractivity contribution in [1.29, 1.82) is 0 Å². The molecular weight excluding hydrogens is 240 g/mol. The van der Waals surface area contributed by atoms with Gasteiger partial charge in [0, 0.05) is 7.05 Å². The fourth-order valence-corrected chi connectivity index (χ4v) is 1.53. The van der Waals surface area contributed by atoms with Crippen molar-refractivity contribution >= 4 is 27.7 Å². The van der Waals surface area contributed by atoms with Crippen LogP contribution in [-0.2, 0) is 12.4 Å². The Kier molecular flexibility index (Phi) is 2.63. The second kappa shape index (κ2) is 3.53. The van der Waals surface area contributed by atoms with Gasteiger partial charge in [-0.2, -0.15) is 0 Å². The summed E-state index contributed by atoms with van der Waals surface area (Å²) in [6.45, 7) is 6.71. The van der Waals surface area contributed by atoms with E-state index in [9.17, 15) is 10.1 Å². The zero-order valence-corrected chi connectivity index (χ0v) is 8.28. The predicted molar refractivity (Wildman–Crippen MR) is 48.8 cm³/mol. The van der Waals surface area contributed by atoms with Gasteiger partial charge in [-0.25, -0.2) is 0 Å². The maximum atomic E-state index is 10.5. The first kappa shape index (κ1) is 9.67. The van der Waals surface area contributed by atoms with E-state index in [1.54, 1.807) is 7.05 Å². The van der Waals surface area contributed by atoms with Gasteiger partial charge in [0.25, 0.3) is 0 Å². The highest BCUT2D eigenvalue weighted by atomic mass is 79.9. The third kappa shape index (κ3) is 1.53. The first-order valence-corrected chi connectivity index (χ1v) is 4.37. The van der Waals surface area contributed by atoms with Gasteiger partial charge in [-0.15, -0.1) is 6.57 Å². The van der Waals surface area contributed by atoms with E-state index in [2.05, 4.69) is 25.8 Å². The Labute approximate surface area is 82.3 Å².